The predicted molar refractivity (Wildman–Crippen MR) is 75.0 cm³/mol. The van der Waals surface area contributed by atoms with E-state index >= 15 is 0 Å². The van der Waals surface area contributed by atoms with Gasteiger partial charge in [0, 0.05) is 31.1 Å². The molecule has 1 saturated carbocycles. The van der Waals surface area contributed by atoms with Gasteiger partial charge in [-0.25, -0.2) is 9.65 Å². The summed E-state index contributed by atoms with van der Waals surface area (Å²) in [5, 5.41) is 0. The summed E-state index contributed by atoms with van der Waals surface area (Å²) in [4.78, 5) is 4.10. The molecule has 1 aromatic heterocycles. The van der Waals surface area contributed by atoms with Crippen LogP contribution in [-0.2, 0) is 4.57 Å². The fourth-order valence-corrected chi connectivity index (χ4v) is 6.47. The summed E-state index contributed by atoms with van der Waals surface area (Å²) in [6.45, 7) is 5.86. The minimum Gasteiger partial charge on any atom is -0.282 e. The molecule has 0 aliphatic heterocycles. The van der Waals surface area contributed by atoms with Crippen molar-refractivity contribution in [3.8, 4) is 0 Å². The monoisotopic (exact) mass is 269 g/mol. The van der Waals surface area contributed by atoms with Gasteiger partial charge in [-0.1, -0.05) is 33.1 Å². The Morgan fingerprint density at radius 3 is 2.44 bits per heavy atom. The van der Waals surface area contributed by atoms with Crippen LogP contribution in [0, 0.1) is 0 Å². The van der Waals surface area contributed by atoms with Crippen LogP contribution >= 0.6 is 7.44 Å². The third-order valence-corrected chi connectivity index (χ3v) is 7.75. The van der Waals surface area contributed by atoms with E-state index in [-0.39, 0.29) is 0 Å². The van der Waals surface area contributed by atoms with Crippen LogP contribution in [0.15, 0.2) is 18.7 Å². The first kappa shape index (κ1) is 13.8. The highest BCUT2D eigenvalue weighted by Crippen LogP contribution is 2.58. The first-order chi connectivity index (χ1) is 8.73. The zero-order valence-electron chi connectivity index (χ0n) is 11.5. The molecule has 2 rings (SSSR count). The van der Waals surface area contributed by atoms with Crippen molar-refractivity contribution in [2.75, 3.05) is 13.1 Å². The van der Waals surface area contributed by atoms with E-state index in [1.54, 1.807) is 12.5 Å². The molecule has 1 heterocycles. The van der Waals surface area contributed by atoms with E-state index in [9.17, 15) is 4.57 Å². The fourth-order valence-electron chi connectivity index (χ4n) is 3.03. The maximum atomic E-state index is 13.6. The standard InChI is InChI=1S/C13H24N3OP/c1-3-15(4-2)18(17,16-11-10-14-12-16)13-8-6-5-7-9-13/h10-13H,3-9H2,1-2H3/t18-/m0/s1. The van der Waals surface area contributed by atoms with Crippen LogP contribution in [0.5, 0.6) is 0 Å². The van der Waals surface area contributed by atoms with Crippen LogP contribution in [0.4, 0.5) is 0 Å². The van der Waals surface area contributed by atoms with E-state index in [4.69, 9.17) is 0 Å². The molecule has 0 N–H and O–H groups in total. The minimum atomic E-state index is -2.52. The van der Waals surface area contributed by atoms with Gasteiger partial charge in [-0.3, -0.25) is 8.90 Å². The van der Waals surface area contributed by atoms with Crippen LogP contribution in [0.3, 0.4) is 0 Å². The Balaban J connectivity index is 2.35. The zero-order chi connectivity index (χ0) is 13.0. The molecule has 0 bridgehead atoms. The van der Waals surface area contributed by atoms with Crippen LogP contribution < -0.4 is 0 Å². The van der Waals surface area contributed by atoms with Crippen LogP contribution in [0.2, 0.25) is 0 Å². The molecule has 0 amide bonds. The average molecular weight is 269 g/mol. The summed E-state index contributed by atoms with van der Waals surface area (Å²) in [7, 11) is -2.52. The number of imidazole rings is 1. The molecule has 0 unspecified atom stereocenters. The van der Waals surface area contributed by atoms with E-state index in [0.29, 0.717) is 5.66 Å². The van der Waals surface area contributed by atoms with Gasteiger partial charge in [0.1, 0.15) is 6.33 Å². The maximum absolute atomic E-state index is 13.6. The first-order valence-electron chi connectivity index (χ1n) is 7.07. The van der Waals surface area contributed by atoms with Gasteiger partial charge in [-0.05, 0) is 12.8 Å². The Kier molecular flexibility index (Phi) is 4.63. The summed E-state index contributed by atoms with van der Waals surface area (Å²) in [6.07, 6.45) is 11.2. The molecule has 1 fully saturated rings. The van der Waals surface area contributed by atoms with E-state index in [2.05, 4.69) is 23.5 Å². The van der Waals surface area contributed by atoms with Gasteiger partial charge < -0.3 is 0 Å². The van der Waals surface area contributed by atoms with E-state index in [0.717, 1.165) is 25.9 Å². The lowest BCUT2D eigenvalue weighted by molar-refractivity contribution is 0.399. The summed E-state index contributed by atoms with van der Waals surface area (Å²) in [5.41, 5.74) is 0.306. The van der Waals surface area contributed by atoms with Crippen molar-refractivity contribution >= 4 is 7.44 Å². The predicted octanol–water partition coefficient (Wildman–Crippen LogP) is 3.60. The Morgan fingerprint density at radius 2 is 1.94 bits per heavy atom. The van der Waals surface area contributed by atoms with Crippen molar-refractivity contribution in [3.63, 3.8) is 0 Å². The van der Waals surface area contributed by atoms with E-state index in [1.165, 1.54) is 19.3 Å². The fraction of sp³-hybridized carbons (Fsp3) is 0.769. The molecule has 102 valence electrons. The topological polar surface area (TPSA) is 38.1 Å². The number of hydrogen-bond acceptors (Lipinski definition) is 2. The molecule has 1 atom stereocenters. The number of hydrogen-bond donors (Lipinski definition) is 0. The van der Waals surface area contributed by atoms with Crippen molar-refractivity contribution in [2.24, 2.45) is 0 Å². The van der Waals surface area contributed by atoms with Gasteiger partial charge in [0.2, 0.25) is 7.44 Å². The van der Waals surface area contributed by atoms with Crippen molar-refractivity contribution in [2.45, 2.75) is 51.6 Å². The van der Waals surface area contributed by atoms with Crippen molar-refractivity contribution in [1.29, 1.82) is 0 Å². The molecule has 4 nitrogen and oxygen atoms in total. The van der Waals surface area contributed by atoms with Crippen molar-refractivity contribution < 1.29 is 4.57 Å². The molecule has 0 aromatic carbocycles. The van der Waals surface area contributed by atoms with Crippen molar-refractivity contribution in [1.82, 2.24) is 14.0 Å². The normalized spacial score (nSPS) is 21.1. The van der Waals surface area contributed by atoms with Gasteiger partial charge in [-0.15, -0.1) is 0 Å². The van der Waals surface area contributed by atoms with Gasteiger partial charge in [0.05, 0.1) is 0 Å². The Hall–Kier alpha value is -0.600. The van der Waals surface area contributed by atoms with Gasteiger partial charge in [-0.2, -0.15) is 0 Å². The van der Waals surface area contributed by atoms with E-state index in [1.807, 2.05) is 10.5 Å². The van der Waals surface area contributed by atoms with Gasteiger partial charge in [0.25, 0.3) is 0 Å². The highest BCUT2D eigenvalue weighted by molar-refractivity contribution is 7.60. The lowest BCUT2D eigenvalue weighted by Gasteiger charge is -2.38. The highest BCUT2D eigenvalue weighted by Gasteiger charge is 2.39. The Morgan fingerprint density at radius 1 is 1.28 bits per heavy atom. The third-order valence-electron chi connectivity index (χ3n) is 4.01. The molecular weight excluding hydrogens is 245 g/mol. The molecule has 18 heavy (non-hydrogen) atoms. The Labute approximate surface area is 110 Å². The lowest BCUT2D eigenvalue weighted by atomic mass is 10.0. The lowest BCUT2D eigenvalue weighted by Crippen LogP contribution is -2.31. The van der Waals surface area contributed by atoms with Gasteiger partial charge in [0.15, 0.2) is 0 Å². The second-order valence-electron chi connectivity index (χ2n) is 4.96. The Bertz CT molecular complexity index is 394. The quantitative estimate of drug-likeness (QED) is 0.766. The van der Waals surface area contributed by atoms with Crippen LogP contribution in [0.25, 0.3) is 0 Å². The maximum Gasteiger partial charge on any atom is 0.247 e. The second-order valence-corrected chi connectivity index (χ2v) is 7.90. The largest absolute Gasteiger partial charge is 0.282 e. The smallest absolute Gasteiger partial charge is 0.247 e. The second kappa shape index (κ2) is 6.03. The molecule has 1 aromatic rings. The number of rotatable bonds is 5. The molecule has 0 saturated heterocycles. The summed E-state index contributed by atoms with van der Waals surface area (Å²) in [5.74, 6) is 0. The zero-order valence-corrected chi connectivity index (χ0v) is 12.4. The SMILES string of the molecule is CCN(CC)[P@@](=O)(C1CCCCC1)n1ccnc1. The summed E-state index contributed by atoms with van der Waals surface area (Å²) in [6, 6.07) is 0. The van der Waals surface area contributed by atoms with Crippen LogP contribution in [0.1, 0.15) is 46.0 Å². The van der Waals surface area contributed by atoms with E-state index < -0.39 is 7.44 Å². The first-order valence-corrected chi connectivity index (χ1v) is 8.75. The van der Waals surface area contributed by atoms with Crippen LogP contribution in [-0.4, -0.2) is 32.7 Å². The van der Waals surface area contributed by atoms with Gasteiger partial charge >= 0.3 is 0 Å². The molecule has 0 radical (unpaired) electrons. The third kappa shape index (κ3) is 2.41. The molecule has 1 aliphatic carbocycles. The number of aromatic nitrogens is 2. The highest BCUT2D eigenvalue weighted by atomic mass is 31.2. The molecule has 1 aliphatic rings. The summed E-state index contributed by atoms with van der Waals surface area (Å²) >= 11 is 0. The average Bonchev–Trinajstić information content (AvgIpc) is 2.95. The van der Waals surface area contributed by atoms with Crippen molar-refractivity contribution in [3.05, 3.63) is 18.7 Å². The molecule has 0 spiro atoms. The summed E-state index contributed by atoms with van der Waals surface area (Å²) < 4.78 is 17.7. The number of nitrogens with zero attached hydrogens (tertiary/aromatic N) is 3. The molecule has 5 heteroatoms. The molecular formula is C13H24N3OP. The minimum absolute atomic E-state index is 0.306.